The molecule has 2 aliphatic heterocycles. The van der Waals surface area contributed by atoms with E-state index in [1.165, 1.54) is 28.6 Å². The van der Waals surface area contributed by atoms with E-state index in [1.807, 2.05) is 0 Å². The van der Waals surface area contributed by atoms with Crippen LogP contribution in [-0.2, 0) is 29.7 Å². The highest BCUT2D eigenvalue weighted by molar-refractivity contribution is 5.89. The van der Waals surface area contributed by atoms with Gasteiger partial charge in [-0.25, -0.2) is 0 Å². The molecule has 3 nitrogen and oxygen atoms in total. The topological polar surface area (TPSA) is 17.4 Å². The fourth-order valence-electron chi connectivity index (χ4n) is 4.91. The molecule has 0 fully saturated rings. The quantitative estimate of drug-likeness (QED) is 0.862. The number of ether oxygens (including phenoxy) is 1. The Morgan fingerprint density at radius 1 is 1.35 bits per heavy atom. The van der Waals surface area contributed by atoms with Gasteiger partial charge in [-0.05, 0) is 57.5 Å². The Balaban J connectivity index is 1.97. The fraction of sp³-hybridized carbons (Fsp3) is 0.600. The van der Waals surface area contributed by atoms with Crippen LogP contribution in [0.5, 0.6) is 0 Å². The second-order valence-electron chi connectivity index (χ2n) is 7.60. The summed E-state index contributed by atoms with van der Waals surface area (Å²) in [6, 6.07) is 6.83. The van der Waals surface area contributed by atoms with Gasteiger partial charge < -0.3 is 14.2 Å². The number of aromatic nitrogens is 1. The Morgan fingerprint density at radius 3 is 2.91 bits per heavy atom. The summed E-state index contributed by atoms with van der Waals surface area (Å²) in [5.41, 5.74) is 5.81. The third kappa shape index (κ3) is 2.10. The van der Waals surface area contributed by atoms with Crippen molar-refractivity contribution in [2.45, 2.75) is 45.3 Å². The number of fused-ring (bicyclic) bond motifs is 3. The molecule has 0 amide bonds. The van der Waals surface area contributed by atoms with E-state index in [2.05, 4.69) is 55.6 Å². The van der Waals surface area contributed by atoms with Crippen molar-refractivity contribution in [3.8, 4) is 0 Å². The summed E-state index contributed by atoms with van der Waals surface area (Å²) >= 11 is 0. The second kappa shape index (κ2) is 5.35. The summed E-state index contributed by atoms with van der Waals surface area (Å²) < 4.78 is 9.01. The number of aryl methyl sites for hydroxylation is 2. The summed E-state index contributed by atoms with van der Waals surface area (Å²) in [7, 11) is 4.35. The average molecular weight is 312 g/mol. The molecule has 2 unspecified atom stereocenters. The number of benzene rings is 1. The van der Waals surface area contributed by atoms with Crippen molar-refractivity contribution in [3.05, 3.63) is 35.0 Å². The Morgan fingerprint density at radius 2 is 2.17 bits per heavy atom. The highest BCUT2D eigenvalue weighted by Gasteiger charge is 2.46. The number of hydrogen-bond acceptors (Lipinski definition) is 2. The summed E-state index contributed by atoms with van der Waals surface area (Å²) in [5.74, 6) is 0.568. The van der Waals surface area contributed by atoms with E-state index >= 15 is 0 Å². The summed E-state index contributed by atoms with van der Waals surface area (Å²) in [5, 5.41) is 1.52. The molecule has 3 heterocycles. The van der Waals surface area contributed by atoms with E-state index in [4.69, 9.17) is 4.74 Å². The highest BCUT2D eigenvalue weighted by atomic mass is 16.5. The van der Waals surface area contributed by atoms with Gasteiger partial charge in [-0.1, -0.05) is 19.1 Å². The Hall–Kier alpha value is -1.32. The van der Waals surface area contributed by atoms with Crippen molar-refractivity contribution in [1.82, 2.24) is 9.47 Å². The van der Waals surface area contributed by atoms with Gasteiger partial charge in [0.15, 0.2) is 0 Å². The first-order valence-corrected chi connectivity index (χ1v) is 8.98. The standard InChI is InChI=1S/C20H28N2O/c1-5-14-7-6-8-17-18(14)16-10-12-23-20(2)15(13-21(3)4)9-11-22(17)19(16)20/h6-8,15H,5,9-13H2,1-4H3. The zero-order valence-corrected chi connectivity index (χ0v) is 14.9. The van der Waals surface area contributed by atoms with Gasteiger partial charge in [0.25, 0.3) is 0 Å². The van der Waals surface area contributed by atoms with Crippen LogP contribution in [0, 0.1) is 5.92 Å². The third-order valence-corrected chi connectivity index (χ3v) is 5.95. The molecule has 2 aliphatic rings. The lowest BCUT2D eigenvalue weighted by molar-refractivity contribution is -0.110. The molecule has 2 aromatic rings. The van der Waals surface area contributed by atoms with Gasteiger partial charge in [0.1, 0.15) is 5.60 Å². The molecule has 0 aliphatic carbocycles. The zero-order valence-electron chi connectivity index (χ0n) is 14.9. The number of hydrogen-bond donors (Lipinski definition) is 0. The van der Waals surface area contributed by atoms with E-state index in [0.29, 0.717) is 5.92 Å². The molecule has 3 heteroatoms. The molecule has 4 rings (SSSR count). The van der Waals surface area contributed by atoms with Crippen molar-refractivity contribution in [1.29, 1.82) is 0 Å². The summed E-state index contributed by atoms with van der Waals surface area (Å²) in [6.45, 7) is 7.67. The molecule has 0 spiro atoms. The lowest BCUT2D eigenvalue weighted by Gasteiger charge is -2.46. The van der Waals surface area contributed by atoms with Crippen LogP contribution in [0.1, 0.15) is 37.1 Å². The Kier molecular flexibility index (Phi) is 3.54. The zero-order chi connectivity index (χ0) is 16.2. The molecule has 0 saturated carbocycles. The normalized spacial score (nSPS) is 26.7. The molecule has 0 radical (unpaired) electrons. The minimum atomic E-state index is -0.139. The molecule has 1 aromatic carbocycles. The first-order chi connectivity index (χ1) is 11.1. The molecular formula is C20H28N2O. The van der Waals surface area contributed by atoms with Crippen molar-refractivity contribution < 1.29 is 4.74 Å². The van der Waals surface area contributed by atoms with Crippen LogP contribution in [0.3, 0.4) is 0 Å². The van der Waals surface area contributed by atoms with Crippen LogP contribution < -0.4 is 0 Å². The fourth-order valence-corrected chi connectivity index (χ4v) is 4.91. The van der Waals surface area contributed by atoms with E-state index in [0.717, 1.165) is 32.5 Å². The monoisotopic (exact) mass is 312 g/mol. The van der Waals surface area contributed by atoms with E-state index < -0.39 is 0 Å². The van der Waals surface area contributed by atoms with Gasteiger partial charge in [-0.15, -0.1) is 0 Å². The number of rotatable bonds is 3. The lowest BCUT2D eigenvalue weighted by Crippen LogP contribution is -2.48. The molecule has 0 bridgehead atoms. The minimum absolute atomic E-state index is 0.139. The van der Waals surface area contributed by atoms with Gasteiger partial charge >= 0.3 is 0 Å². The number of nitrogens with zero attached hydrogens (tertiary/aromatic N) is 2. The van der Waals surface area contributed by atoms with Crippen LogP contribution in [0.15, 0.2) is 18.2 Å². The van der Waals surface area contributed by atoms with Crippen LogP contribution in [0.4, 0.5) is 0 Å². The van der Waals surface area contributed by atoms with Gasteiger partial charge in [0, 0.05) is 29.9 Å². The van der Waals surface area contributed by atoms with E-state index in [-0.39, 0.29) is 5.60 Å². The maximum absolute atomic E-state index is 6.44. The summed E-state index contributed by atoms with van der Waals surface area (Å²) in [6.07, 6.45) is 3.36. The minimum Gasteiger partial charge on any atom is -0.368 e. The molecule has 124 valence electrons. The maximum atomic E-state index is 6.44. The van der Waals surface area contributed by atoms with E-state index in [9.17, 15) is 0 Å². The van der Waals surface area contributed by atoms with E-state index in [1.54, 1.807) is 5.56 Å². The summed E-state index contributed by atoms with van der Waals surface area (Å²) in [4.78, 5) is 2.31. The first kappa shape index (κ1) is 15.2. The largest absolute Gasteiger partial charge is 0.368 e. The molecule has 0 saturated heterocycles. The Labute approximate surface area is 139 Å². The Bertz CT molecular complexity index is 746. The van der Waals surface area contributed by atoms with Gasteiger partial charge in [-0.2, -0.15) is 0 Å². The van der Waals surface area contributed by atoms with Gasteiger partial charge in [0.05, 0.1) is 12.3 Å². The van der Waals surface area contributed by atoms with Gasteiger partial charge in [0.2, 0.25) is 0 Å². The highest BCUT2D eigenvalue weighted by Crippen LogP contribution is 2.48. The van der Waals surface area contributed by atoms with Crippen LogP contribution in [0.25, 0.3) is 10.9 Å². The maximum Gasteiger partial charge on any atom is 0.110 e. The van der Waals surface area contributed by atoms with Crippen LogP contribution in [-0.4, -0.2) is 36.7 Å². The van der Waals surface area contributed by atoms with Crippen molar-refractivity contribution >= 4 is 10.9 Å². The molecule has 23 heavy (non-hydrogen) atoms. The molecule has 0 N–H and O–H groups in total. The smallest absolute Gasteiger partial charge is 0.110 e. The van der Waals surface area contributed by atoms with Crippen LogP contribution in [0.2, 0.25) is 0 Å². The van der Waals surface area contributed by atoms with Crippen molar-refractivity contribution in [3.63, 3.8) is 0 Å². The van der Waals surface area contributed by atoms with Gasteiger partial charge in [-0.3, -0.25) is 0 Å². The molecular weight excluding hydrogens is 284 g/mol. The molecule has 2 atom stereocenters. The van der Waals surface area contributed by atoms with Crippen molar-refractivity contribution in [2.24, 2.45) is 5.92 Å². The lowest BCUT2D eigenvalue weighted by atomic mass is 9.77. The molecule has 1 aromatic heterocycles. The SMILES string of the molecule is CCc1cccc2c1c1c3n2CCC(CN(C)C)C3(C)OCC1. The third-order valence-electron chi connectivity index (χ3n) is 5.95. The predicted octanol–water partition coefficient (Wildman–Crippen LogP) is 3.57. The second-order valence-corrected chi connectivity index (χ2v) is 7.60. The average Bonchev–Trinajstić information content (AvgIpc) is 2.86. The van der Waals surface area contributed by atoms with Crippen molar-refractivity contribution in [2.75, 3.05) is 27.2 Å². The predicted molar refractivity (Wildman–Crippen MR) is 95.0 cm³/mol. The first-order valence-electron chi connectivity index (χ1n) is 8.98. The van der Waals surface area contributed by atoms with Crippen LogP contribution >= 0.6 is 0 Å².